The van der Waals surface area contributed by atoms with Crippen LogP contribution in [0.15, 0.2) is 35.3 Å². The Kier molecular flexibility index (Phi) is 5.38. The first kappa shape index (κ1) is 11.3. The summed E-state index contributed by atoms with van der Waals surface area (Å²) in [6, 6.07) is 7.87. The molecular weight excluding hydrogens is 258 g/mol. The molecule has 0 atom stereocenters. The maximum Gasteiger partial charge on any atom is 0.0745 e. The van der Waals surface area contributed by atoms with Crippen LogP contribution in [0, 0.1) is 0 Å². The van der Waals surface area contributed by atoms with E-state index >= 15 is 0 Å². The van der Waals surface area contributed by atoms with Gasteiger partial charge in [-0.25, -0.2) is 0 Å². The van der Waals surface area contributed by atoms with Gasteiger partial charge in [0.25, 0.3) is 0 Å². The van der Waals surface area contributed by atoms with Gasteiger partial charge in [0.2, 0.25) is 0 Å². The molecule has 0 aliphatic rings. The van der Waals surface area contributed by atoms with Crippen LogP contribution in [0.1, 0.15) is 12.0 Å². The predicted molar refractivity (Wildman–Crippen MR) is 68.6 cm³/mol. The Labute approximate surface area is 97.7 Å². The van der Waals surface area contributed by atoms with Crippen LogP contribution in [0.4, 0.5) is 5.69 Å². The van der Waals surface area contributed by atoms with Crippen molar-refractivity contribution >= 4 is 45.1 Å². The number of hydrogen-bond donors (Lipinski definition) is 0. The van der Waals surface area contributed by atoms with Gasteiger partial charge in [-0.15, -0.1) is 0 Å². The van der Waals surface area contributed by atoms with Crippen molar-refractivity contribution in [2.24, 2.45) is 4.99 Å². The number of rotatable bonds is 4. The number of halogens is 1. The number of hydrogen-bond acceptors (Lipinski definition) is 2. The first-order valence-corrected chi connectivity index (χ1v) is 5.80. The van der Waals surface area contributed by atoms with E-state index in [-0.39, 0.29) is 0 Å². The Bertz CT molecular complexity index is 367. The molecule has 0 aliphatic heterocycles. The zero-order valence-electron chi connectivity index (χ0n) is 7.61. The third kappa shape index (κ3) is 3.97. The maximum absolute atomic E-state index is 4.54. The van der Waals surface area contributed by atoms with E-state index in [0.717, 1.165) is 23.0 Å². The normalized spacial score (nSPS) is 10.1. The van der Waals surface area contributed by atoms with Gasteiger partial charge in [0.15, 0.2) is 0 Å². The lowest BCUT2D eigenvalue weighted by atomic mass is 10.2. The Hall–Kier alpha value is -0.760. The van der Waals surface area contributed by atoms with Gasteiger partial charge < -0.3 is 0 Å². The summed E-state index contributed by atoms with van der Waals surface area (Å²) in [7, 11) is 0. The minimum Gasteiger partial charge on any atom is -0.195 e. The van der Waals surface area contributed by atoms with Crippen LogP contribution < -0.4 is 0 Å². The molecule has 1 rings (SSSR count). The van der Waals surface area contributed by atoms with Crippen LogP contribution in [0.25, 0.3) is 6.08 Å². The summed E-state index contributed by atoms with van der Waals surface area (Å²) in [5, 5.41) is 3.34. The van der Waals surface area contributed by atoms with Gasteiger partial charge in [0.05, 0.1) is 10.8 Å². The van der Waals surface area contributed by atoms with E-state index in [2.05, 4.69) is 50.5 Å². The second-order valence-corrected chi connectivity index (χ2v) is 3.65. The van der Waals surface area contributed by atoms with E-state index in [1.165, 1.54) is 0 Å². The fourth-order valence-electron chi connectivity index (χ4n) is 1.03. The van der Waals surface area contributed by atoms with Crippen LogP contribution in [-0.4, -0.2) is 10.5 Å². The predicted octanol–water partition coefficient (Wildman–Crippen LogP) is 4.22. The molecule has 0 N–H and O–H groups in total. The number of nitrogens with zero attached hydrogens (tertiary/aromatic N) is 1. The zero-order chi connectivity index (χ0) is 10.2. The first-order chi connectivity index (χ1) is 6.86. The minimum atomic E-state index is 0.848. The third-order valence-corrected chi connectivity index (χ3v) is 2.18. The lowest BCUT2D eigenvalue weighted by molar-refractivity contribution is 1.27. The van der Waals surface area contributed by atoms with Crippen LogP contribution in [-0.2, 0) is 0 Å². The molecule has 0 saturated carbocycles. The molecule has 1 aromatic rings. The lowest BCUT2D eigenvalue weighted by Gasteiger charge is -1.94. The molecule has 1 aromatic carbocycles. The van der Waals surface area contributed by atoms with Crippen molar-refractivity contribution in [2.45, 2.75) is 6.42 Å². The fraction of sp³-hybridized carbons (Fsp3) is 0.182. The van der Waals surface area contributed by atoms with Crippen molar-refractivity contribution in [1.82, 2.24) is 0 Å². The van der Waals surface area contributed by atoms with Gasteiger partial charge in [0, 0.05) is 5.33 Å². The molecule has 0 spiro atoms. The molecule has 0 fully saturated rings. The second-order valence-electron chi connectivity index (χ2n) is 2.68. The molecule has 3 heteroatoms. The average Bonchev–Trinajstić information content (AvgIpc) is 2.19. The van der Waals surface area contributed by atoms with Crippen LogP contribution in [0.3, 0.4) is 0 Å². The number of alkyl halides is 1. The van der Waals surface area contributed by atoms with Gasteiger partial charge in [-0.1, -0.05) is 40.2 Å². The van der Waals surface area contributed by atoms with Gasteiger partial charge >= 0.3 is 0 Å². The number of benzene rings is 1. The molecular formula is C11H10BrNS. The highest BCUT2D eigenvalue weighted by Crippen LogP contribution is 2.14. The smallest absolute Gasteiger partial charge is 0.0745 e. The van der Waals surface area contributed by atoms with Crippen molar-refractivity contribution in [2.75, 3.05) is 5.33 Å². The largest absolute Gasteiger partial charge is 0.195 e. The average molecular weight is 268 g/mol. The van der Waals surface area contributed by atoms with Crippen molar-refractivity contribution in [3.8, 4) is 0 Å². The summed E-state index contributed by atoms with van der Waals surface area (Å²) < 4.78 is 0. The van der Waals surface area contributed by atoms with Crippen molar-refractivity contribution in [3.05, 3.63) is 35.9 Å². The van der Waals surface area contributed by atoms with Crippen LogP contribution in [0.2, 0.25) is 0 Å². The number of thiocarbonyl (C=S) groups is 1. The number of allylic oxidation sites excluding steroid dienone is 1. The molecule has 0 aromatic heterocycles. The van der Waals surface area contributed by atoms with Gasteiger partial charge in [-0.05, 0) is 36.3 Å². The van der Waals surface area contributed by atoms with E-state index in [9.17, 15) is 0 Å². The van der Waals surface area contributed by atoms with Gasteiger partial charge in [-0.2, -0.15) is 4.99 Å². The van der Waals surface area contributed by atoms with E-state index < -0.39 is 0 Å². The van der Waals surface area contributed by atoms with Crippen molar-refractivity contribution < 1.29 is 0 Å². The summed E-state index contributed by atoms with van der Waals surface area (Å²) >= 11 is 7.91. The minimum absolute atomic E-state index is 0.848. The molecule has 0 heterocycles. The number of aliphatic imine (C=N–C) groups is 1. The second kappa shape index (κ2) is 6.66. The van der Waals surface area contributed by atoms with E-state index in [1.807, 2.05) is 24.3 Å². The number of isothiocyanates is 1. The monoisotopic (exact) mass is 267 g/mol. The highest BCUT2D eigenvalue weighted by Gasteiger charge is 1.89. The summed E-state index contributed by atoms with van der Waals surface area (Å²) in [6.45, 7) is 0. The molecule has 0 bridgehead atoms. The van der Waals surface area contributed by atoms with Gasteiger partial charge in [-0.3, -0.25) is 0 Å². The van der Waals surface area contributed by atoms with Crippen LogP contribution >= 0.6 is 28.1 Å². The Morgan fingerprint density at radius 3 is 3.07 bits per heavy atom. The highest BCUT2D eigenvalue weighted by atomic mass is 79.9. The molecule has 1 nitrogen and oxygen atoms in total. The first-order valence-electron chi connectivity index (χ1n) is 4.27. The SMILES string of the molecule is S=C=Nc1cccc(C=CCCBr)c1. The standard InChI is InChI=1S/C11H10BrNS/c12-7-2-1-4-10-5-3-6-11(8-10)13-9-14/h1,3-6,8H,2,7H2. The van der Waals surface area contributed by atoms with Gasteiger partial charge in [0.1, 0.15) is 0 Å². The molecule has 0 unspecified atom stereocenters. The Balaban J connectivity index is 2.77. The van der Waals surface area contributed by atoms with E-state index in [0.29, 0.717) is 0 Å². The Morgan fingerprint density at radius 1 is 1.50 bits per heavy atom. The summed E-state index contributed by atoms with van der Waals surface area (Å²) in [5.41, 5.74) is 1.98. The lowest BCUT2D eigenvalue weighted by Crippen LogP contribution is -1.72. The molecule has 14 heavy (non-hydrogen) atoms. The van der Waals surface area contributed by atoms with Crippen molar-refractivity contribution in [3.63, 3.8) is 0 Å². The highest BCUT2D eigenvalue weighted by molar-refractivity contribution is 9.09. The Morgan fingerprint density at radius 2 is 2.36 bits per heavy atom. The molecule has 0 saturated heterocycles. The summed E-state index contributed by atoms with van der Waals surface area (Å²) in [6.07, 6.45) is 5.22. The molecule has 0 radical (unpaired) electrons. The summed E-state index contributed by atoms with van der Waals surface area (Å²) in [4.78, 5) is 3.92. The molecule has 72 valence electrons. The topological polar surface area (TPSA) is 12.4 Å². The zero-order valence-corrected chi connectivity index (χ0v) is 10.0. The van der Waals surface area contributed by atoms with E-state index in [4.69, 9.17) is 0 Å². The quantitative estimate of drug-likeness (QED) is 0.452. The van der Waals surface area contributed by atoms with E-state index in [1.54, 1.807) is 0 Å². The third-order valence-electron chi connectivity index (χ3n) is 1.63. The summed E-state index contributed by atoms with van der Waals surface area (Å²) in [5.74, 6) is 0. The molecule has 0 aliphatic carbocycles. The molecule has 0 amide bonds. The fourth-order valence-corrected chi connectivity index (χ4v) is 1.40. The van der Waals surface area contributed by atoms with Crippen LogP contribution in [0.5, 0.6) is 0 Å². The maximum atomic E-state index is 4.54. The van der Waals surface area contributed by atoms with Crippen molar-refractivity contribution in [1.29, 1.82) is 0 Å².